The van der Waals surface area contributed by atoms with Crippen LogP contribution in [-0.4, -0.2) is 16.6 Å². The third kappa shape index (κ3) is 6.10. The van der Waals surface area contributed by atoms with Crippen molar-refractivity contribution in [2.45, 2.75) is 20.0 Å². The fourth-order valence-electron chi connectivity index (χ4n) is 2.93. The largest absolute Gasteiger partial charge is 0.494 e. The monoisotopic (exact) mass is 444 g/mol. The Balaban J connectivity index is 1.86. The topological polar surface area (TPSA) is 24.5 Å². The van der Waals surface area contributed by atoms with Gasteiger partial charge in [-0.25, -0.2) is 0 Å². The Bertz CT molecular complexity index is 966. The van der Waals surface area contributed by atoms with E-state index in [9.17, 15) is 0 Å². The molecule has 29 heavy (non-hydrogen) atoms. The molecule has 6 heteroatoms. The van der Waals surface area contributed by atoms with Gasteiger partial charge in [0.2, 0.25) is 0 Å². The smallest absolute Gasteiger partial charge is 0.174 e. The second kappa shape index (κ2) is 10.5. The molecule has 0 radical (unpaired) electrons. The lowest BCUT2D eigenvalue weighted by Gasteiger charge is -2.27. The van der Waals surface area contributed by atoms with E-state index in [0.717, 1.165) is 16.9 Å². The van der Waals surface area contributed by atoms with Crippen molar-refractivity contribution in [3.63, 3.8) is 0 Å². The zero-order valence-electron chi connectivity index (χ0n) is 16.1. The van der Waals surface area contributed by atoms with E-state index >= 15 is 0 Å². The third-order valence-corrected chi connectivity index (χ3v) is 5.23. The van der Waals surface area contributed by atoms with Crippen LogP contribution in [0.25, 0.3) is 0 Å². The van der Waals surface area contributed by atoms with E-state index in [2.05, 4.69) is 28.4 Å². The molecule has 0 fully saturated rings. The van der Waals surface area contributed by atoms with Crippen LogP contribution in [0.1, 0.15) is 18.1 Å². The quantitative estimate of drug-likeness (QED) is 0.405. The lowest BCUT2D eigenvalue weighted by Crippen LogP contribution is -2.34. The van der Waals surface area contributed by atoms with Gasteiger partial charge in [0, 0.05) is 23.7 Å². The van der Waals surface area contributed by atoms with Gasteiger partial charge in [-0.15, -0.1) is 0 Å². The zero-order chi connectivity index (χ0) is 20.6. The molecule has 1 N–H and O–H groups in total. The molecule has 0 saturated carbocycles. The van der Waals surface area contributed by atoms with Crippen molar-refractivity contribution >= 4 is 46.2 Å². The number of thiocarbonyl (C=S) groups is 1. The van der Waals surface area contributed by atoms with Gasteiger partial charge >= 0.3 is 0 Å². The number of nitrogens with one attached hydrogen (secondary N) is 1. The summed E-state index contributed by atoms with van der Waals surface area (Å²) in [7, 11) is 0. The molecule has 3 rings (SSSR count). The Hall–Kier alpha value is -2.27. The predicted octanol–water partition coefficient (Wildman–Crippen LogP) is 6.79. The van der Waals surface area contributed by atoms with E-state index in [1.807, 2.05) is 43.3 Å². The van der Waals surface area contributed by atoms with Crippen LogP contribution in [0.5, 0.6) is 5.75 Å². The maximum absolute atomic E-state index is 6.31. The minimum atomic E-state index is 0.560. The van der Waals surface area contributed by atoms with E-state index in [1.54, 1.807) is 18.2 Å². The van der Waals surface area contributed by atoms with E-state index in [4.69, 9.17) is 40.2 Å². The van der Waals surface area contributed by atoms with Crippen LogP contribution in [0.3, 0.4) is 0 Å². The average Bonchev–Trinajstić information content (AvgIpc) is 2.72. The Morgan fingerprint density at radius 2 is 1.69 bits per heavy atom. The highest BCUT2D eigenvalue weighted by Crippen LogP contribution is 2.27. The van der Waals surface area contributed by atoms with Gasteiger partial charge in [0.15, 0.2) is 5.11 Å². The second-order valence-electron chi connectivity index (χ2n) is 6.44. The van der Waals surface area contributed by atoms with Crippen molar-refractivity contribution in [3.8, 4) is 5.75 Å². The number of para-hydroxylation sites is 1. The van der Waals surface area contributed by atoms with Crippen molar-refractivity contribution < 1.29 is 4.74 Å². The van der Waals surface area contributed by atoms with Crippen LogP contribution in [-0.2, 0) is 13.1 Å². The molecule has 0 aromatic heterocycles. The van der Waals surface area contributed by atoms with E-state index in [1.165, 1.54) is 0 Å². The maximum Gasteiger partial charge on any atom is 0.174 e. The van der Waals surface area contributed by atoms with Crippen LogP contribution in [0.4, 0.5) is 5.69 Å². The van der Waals surface area contributed by atoms with Crippen molar-refractivity contribution in [2.24, 2.45) is 0 Å². The van der Waals surface area contributed by atoms with Crippen LogP contribution in [0, 0.1) is 0 Å². The second-order valence-corrected chi connectivity index (χ2v) is 7.67. The van der Waals surface area contributed by atoms with Crippen molar-refractivity contribution in [1.82, 2.24) is 4.90 Å². The molecule has 3 nitrogen and oxygen atoms in total. The first kappa shape index (κ1) is 21.4. The number of hydrogen-bond donors (Lipinski definition) is 1. The van der Waals surface area contributed by atoms with Gasteiger partial charge in [-0.3, -0.25) is 0 Å². The van der Waals surface area contributed by atoms with Crippen LogP contribution in [0.15, 0.2) is 72.8 Å². The molecule has 3 aromatic carbocycles. The van der Waals surface area contributed by atoms with Gasteiger partial charge in [-0.05, 0) is 49.0 Å². The Labute approximate surface area is 187 Å². The first-order valence-electron chi connectivity index (χ1n) is 9.32. The van der Waals surface area contributed by atoms with E-state index < -0.39 is 0 Å². The molecular formula is C23H22Cl2N2OS. The fourth-order valence-corrected chi connectivity index (χ4v) is 3.50. The molecule has 0 heterocycles. The SMILES string of the molecule is CCOc1ccccc1CN(Cc1ccccc1)C(=S)Nc1cc(Cl)ccc1Cl. The standard InChI is InChI=1S/C23H22Cl2N2OS/c1-2-28-22-11-7-6-10-18(22)16-27(15-17-8-4-3-5-9-17)23(29)26-21-14-19(24)12-13-20(21)25/h3-14H,2,15-16H2,1H3,(H,26,29). The number of ether oxygens (including phenoxy) is 1. The lowest BCUT2D eigenvalue weighted by atomic mass is 10.1. The van der Waals surface area contributed by atoms with Crippen molar-refractivity contribution in [1.29, 1.82) is 0 Å². The highest BCUT2D eigenvalue weighted by Gasteiger charge is 2.15. The summed E-state index contributed by atoms with van der Waals surface area (Å²) in [6.45, 7) is 3.82. The number of rotatable bonds is 7. The summed E-state index contributed by atoms with van der Waals surface area (Å²) in [4.78, 5) is 2.08. The fraction of sp³-hybridized carbons (Fsp3) is 0.174. The van der Waals surface area contributed by atoms with Crippen molar-refractivity contribution in [3.05, 3.63) is 94.0 Å². The van der Waals surface area contributed by atoms with Gasteiger partial charge in [0.25, 0.3) is 0 Å². The summed E-state index contributed by atoms with van der Waals surface area (Å²) >= 11 is 18.2. The lowest BCUT2D eigenvalue weighted by molar-refractivity contribution is 0.327. The van der Waals surface area contributed by atoms with Gasteiger partial charge in [0.05, 0.1) is 17.3 Å². The first-order valence-corrected chi connectivity index (χ1v) is 10.5. The highest BCUT2D eigenvalue weighted by molar-refractivity contribution is 7.80. The number of hydrogen-bond acceptors (Lipinski definition) is 2. The third-order valence-electron chi connectivity index (χ3n) is 4.31. The summed E-state index contributed by atoms with van der Waals surface area (Å²) in [6.07, 6.45) is 0. The normalized spacial score (nSPS) is 10.4. The molecular weight excluding hydrogens is 423 g/mol. The summed E-state index contributed by atoms with van der Waals surface area (Å²) in [5.41, 5.74) is 2.90. The molecule has 0 bridgehead atoms. The Morgan fingerprint density at radius 3 is 2.45 bits per heavy atom. The van der Waals surface area contributed by atoms with E-state index in [-0.39, 0.29) is 0 Å². The van der Waals surface area contributed by atoms with Crippen molar-refractivity contribution in [2.75, 3.05) is 11.9 Å². The number of nitrogens with zero attached hydrogens (tertiary/aromatic N) is 1. The molecule has 0 aliphatic carbocycles. The van der Waals surface area contributed by atoms with Crippen LogP contribution < -0.4 is 10.1 Å². The van der Waals surface area contributed by atoms with E-state index in [0.29, 0.717) is 40.5 Å². The van der Waals surface area contributed by atoms with Gasteiger partial charge < -0.3 is 15.0 Å². The number of benzene rings is 3. The van der Waals surface area contributed by atoms with Gasteiger partial charge in [-0.2, -0.15) is 0 Å². The molecule has 0 aliphatic heterocycles. The Kier molecular flexibility index (Phi) is 7.76. The number of anilines is 1. The predicted molar refractivity (Wildman–Crippen MR) is 126 cm³/mol. The molecule has 0 amide bonds. The average molecular weight is 445 g/mol. The number of halogens is 2. The van der Waals surface area contributed by atoms with Gasteiger partial charge in [-0.1, -0.05) is 71.7 Å². The molecule has 0 aliphatic rings. The highest BCUT2D eigenvalue weighted by atomic mass is 35.5. The van der Waals surface area contributed by atoms with Crippen LogP contribution >= 0.6 is 35.4 Å². The minimum absolute atomic E-state index is 0.560. The molecule has 0 saturated heterocycles. The molecule has 3 aromatic rings. The first-order chi connectivity index (χ1) is 14.1. The maximum atomic E-state index is 6.31. The molecule has 0 atom stereocenters. The zero-order valence-corrected chi connectivity index (χ0v) is 18.4. The summed E-state index contributed by atoms with van der Waals surface area (Å²) in [5, 5.41) is 4.96. The molecule has 0 spiro atoms. The molecule has 150 valence electrons. The van der Waals surface area contributed by atoms with Gasteiger partial charge in [0.1, 0.15) is 5.75 Å². The van der Waals surface area contributed by atoms with Crippen LogP contribution in [0.2, 0.25) is 10.0 Å². The molecule has 0 unspecified atom stereocenters. The Morgan fingerprint density at radius 1 is 0.966 bits per heavy atom. The summed E-state index contributed by atoms with van der Waals surface area (Å²) in [6, 6.07) is 23.5. The summed E-state index contributed by atoms with van der Waals surface area (Å²) < 4.78 is 5.79. The minimum Gasteiger partial charge on any atom is -0.494 e. The summed E-state index contributed by atoms with van der Waals surface area (Å²) in [5.74, 6) is 0.858.